The third-order valence-corrected chi connectivity index (χ3v) is 5.75. The van der Waals surface area contributed by atoms with Crippen LogP contribution in [0.15, 0.2) is 59.8 Å². The molecule has 0 radical (unpaired) electrons. The van der Waals surface area contributed by atoms with Gasteiger partial charge in [-0.2, -0.15) is 0 Å². The van der Waals surface area contributed by atoms with Crippen LogP contribution in [0, 0.1) is 0 Å². The van der Waals surface area contributed by atoms with E-state index >= 15 is 0 Å². The lowest BCUT2D eigenvalue weighted by atomic mass is 10.1. The van der Waals surface area contributed by atoms with Crippen molar-refractivity contribution in [3.8, 4) is 11.4 Å². The first kappa shape index (κ1) is 19.2. The van der Waals surface area contributed by atoms with Gasteiger partial charge in [0.25, 0.3) is 0 Å². The van der Waals surface area contributed by atoms with E-state index in [1.54, 1.807) is 23.0 Å². The number of carbonyl (C=O) groups is 2. The summed E-state index contributed by atoms with van der Waals surface area (Å²) in [5, 5.41) is 10.8. The van der Waals surface area contributed by atoms with Gasteiger partial charge in [-0.1, -0.05) is 24.3 Å². The molecule has 7 nitrogen and oxygen atoms in total. The number of nitrogens with one attached hydrogen (secondary N) is 1. The van der Waals surface area contributed by atoms with Gasteiger partial charge in [0.15, 0.2) is 5.82 Å². The second-order valence-electron chi connectivity index (χ2n) is 6.76. The minimum atomic E-state index is -0.187. The molecule has 0 aliphatic carbocycles. The zero-order valence-corrected chi connectivity index (χ0v) is 16.9. The number of thioether (sulfide) groups is 1. The van der Waals surface area contributed by atoms with Crippen LogP contribution in [-0.4, -0.2) is 38.9 Å². The van der Waals surface area contributed by atoms with Gasteiger partial charge in [0.1, 0.15) is 6.33 Å². The van der Waals surface area contributed by atoms with Crippen LogP contribution in [0.25, 0.3) is 11.4 Å². The Morgan fingerprint density at radius 3 is 2.83 bits per heavy atom. The van der Waals surface area contributed by atoms with Crippen molar-refractivity contribution in [1.82, 2.24) is 14.8 Å². The third kappa shape index (κ3) is 4.32. The molecule has 1 aliphatic rings. The maximum absolute atomic E-state index is 12.7. The third-order valence-electron chi connectivity index (χ3n) is 4.71. The van der Waals surface area contributed by atoms with Crippen molar-refractivity contribution in [2.75, 3.05) is 22.5 Å². The molecule has 2 aromatic carbocycles. The number of rotatable bonds is 5. The highest BCUT2D eigenvalue weighted by Crippen LogP contribution is 2.34. The summed E-state index contributed by atoms with van der Waals surface area (Å²) >= 11 is 1.75. The average molecular weight is 407 g/mol. The number of aryl methyl sites for hydroxylation is 1. The van der Waals surface area contributed by atoms with Crippen LogP contribution in [0.3, 0.4) is 0 Å². The summed E-state index contributed by atoms with van der Waals surface area (Å²) in [6, 6.07) is 15.3. The summed E-state index contributed by atoms with van der Waals surface area (Å²) in [5.74, 6) is 1.37. The Hall–Kier alpha value is -3.13. The quantitative estimate of drug-likeness (QED) is 0.702. The molecule has 0 bridgehead atoms. The number of anilines is 2. The van der Waals surface area contributed by atoms with Gasteiger partial charge in [0.05, 0.1) is 5.69 Å². The number of hydrogen-bond acceptors (Lipinski definition) is 5. The fourth-order valence-electron chi connectivity index (χ4n) is 3.29. The number of nitrogens with zero attached hydrogens (tertiary/aromatic N) is 4. The first-order valence-corrected chi connectivity index (χ1v) is 10.4. The molecule has 29 heavy (non-hydrogen) atoms. The number of aromatic nitrogens is 3. The highest BCUT2D eigenvalue weighted by atomic mass is 32.2. The molecular formula is C21H21N5O2S. The standard InChI is InChI=1S/C21H21N5O2S/c1-25-14-22-24-21(25)15-5-4-6-16(13-15)23-19(27)9-10-20(28)26-11-12-29-18-8-3-2-7-17(18)26/h2-8,13-14H,9-12H2,1H3,(H,23,27). The van der Waals surface area contributed by atoms with Crippen LogP contribution in [0.2, 0.25) is 0 Å². The molecule has 0 saturated carbocycles. The highest BCUT2D eigenvalue weighted by Gasteiger charge is 2.22. The maximum Gasteiger partial charge on any atom is 0.227 e. The van der Waals surface area contributed by atoms with E-state index in [1.165, 1.54) is 0 Å². The number of amides is 2. The summed E-state index contributed by atoms with van der Waals surface area (Å²) < 4.78 is 1.81. The summed E-state index contributed by atoms with van der Waals surface area (Å²) in [4.78, 5) is 28.0. The molecular weight excluding hydrogens is 386 g/mol. The topological polar surface area (TPSA) is 80.1 Å². The predicted octanol–water partition coefficient (Wildman–Crippen LogP) is 3.34. The first-order chi connectivity index (χ1) is 14.1. The highest BCUT2D eigenvalue weighted by molar-refractivity contribution is 7.99. The van der Waals surface area contributed by atoms with Crippen molar-refractivity contribution in [2.45, 2.75) is 17.7 Å². The number of hydrogen-bond donors (Lipinski definition) is 1. The summed E-state index contributed by atoms with van der Waals surface area (Å²) in [5.41, 5.74) is 2.47. The normalized spacial score (nSPS) is 13.1. The summed E-state index contributed by atoms with van der Waals surface area (Å²) in [7, 11) is 1.86. The van der Waals surface area contributed by atoms with E-state index in [-0.39, 0.29) is 24.7 Å². The molecule has 3 aromatic rings. The lowest BCUT2D eigenvalue weighted by molar-refractivity contribution is -0.122. The second kappa shape index (κ2) is 8.48. The largest absolute Gasteiger partial charge is 0.326 e. The zero-order chi connectivity index (χ0) is 20.2. The van der Waals surface area contributed by atoms with Gasteiger partial charge >= 0.3 is 0 Å². The number of carbonyl (C=O) groups excluding carboxylic acids is 2. The maximum atomic E-state index is 12.7. The van der Waals surface area contributed by atoms with Crippen LogP contribution < -0.4 is 10.2 Å². The van der Waals surface area contributed by atoms with Crippen LogP contribution in [0.1, 0.15) is 12.8 Å². The van der Waals surface area contributed by atoms with E-state index in [0.29, 0.717) is 12.2 Å². The van der Waals surface area contributed by atoms with Crippen molar-refractivity contribution in [1.29, 1.82) is 0 Å². The second-order valence-corrected chi connectivity index (χ2v) is 7.89. The molecule has 4 rings (SSSR count). The zero-order valence-electron chi connectivity index (χ0n) is 16.0. The van der Waals surface area contributed by atoms with Gasteiger partial charge in [-0.25, -0.2) is 0 Å². The van der Waals surface area contributed by atoms with Gasteiger partial charge in [-0.15, -0.1) is 22.0 Å². The number of fused-ring (bicyclic) bond motifs is 1. The van der Waals surface area contributed by atoms with Crippen LogP contribution in [0.5, 0.6) is 0 Å². The number of benzene rings is 2. The molecule has 0 atom stereocenters. The Balaban J connectivity index is 1.36. The molecule has 0 saturated heterocycles. The molecule has 0 fully saturated rings. The van der Waals surface area contributed by atoms with Crippen molar-refractivity contribution >= 4 is 35.0 Å². The Kier molecular flexibility index (Phi) is 5.62. The smallest absolute Gasteiger partial charge is 0.227 e. The van der Waals surface area contributed by atoms with E-state index in [1.807, 2.05) is 60.1 Å². The first-order valence-electron chi connectivity index (χ1n) is 9.38. The van der Waals surface area contributed by atoms with E-state index in [4.69, 9.17) is 0 Å². The summed E-state index contributed by atoms with van der Waals surface area (Å²) in [6.45, 7) is 0.669. The minimum Gasteiger partial charge on any atom is -0.326 e. The van der Waals surface area contributed by atoms with Gasteiger partial charge in [-0.05, 0) is 24.3 Å². The summed E-state index contributed by atoms with van der Waals surface area (Å²) in [6.07, 6.45) is 1.94. The Morgan fingerprint density at radius 2 is 2.00 bits per heavy atom. The SMILES string of the molecule is Cn1cnnc1-c1cccc(NC(=O)CCC(=O)N2CCSc3ccccc32)c1. The molecule has 2 heterocycles. The lowest BCUT2D eigenvalue weighted by Crippen LogP contribution is -2.35. The molecule has 0 unspecified atom stereocenters. The molecule has 8 heteroatoms. The molecule has 1 aromatic heterocycles. The van der Waals surface area contributed by atoms with Gasteiger partial charge < -0.3 is 14.8 Å². The van der Waals surface area contributed by atoms with Crippen LogP contribution >= 0.6 is 11.8 Å². The van der Waals surface area contributed by atoms with E-state index in [9.17, 15) is 9.59 Å². The number of para-hydroxylation sites is 1. The Morgan fingerprint density at radius 1 is 1.14 bits per heavy atom. The Labute approximate surface area is 173 Å². The van der Waals surface area contributed by atoms with Gasteiger partial charge in [0, 0.05) is 48.3 Å². The monoisotopic (exact) mass is 407 g/mol. The molecule has 1 aliphatic heterocycles. The average Bonchev–Trinajstić information content (AvgIpc) is 3.17. The van der Waals surface area contributed by atoms with Crippen molar-refractivity contribution in [2.24, 2.45) is 7.05 Å². The fourth-order valence-corrected chi connectivity index (χ4v) is 4.28. The van der Waals surface area contributed by atoms with E-state index < -0.39 is 0 Å². The van der Waals surface area contributed by atoms with E-state index in [2.05, 4.69) is 15.5 Å². The van der Waals surface area contributed by atoms with Gasteiger partial charge in [-0.3, -0.25) is 9.59 Å². The van der Waals surface area contributed by atoms with Crippen molar-refractivity contribution < 1.29 is 9.59 Å². The van der Waals surface area contributed by atoms with Crippen LogP contribution in [0.4, 0.5) is 11.4 Å². The van der Waals surface area contributed by atoms with Gasteiger partial charge in [0.2, 0.25) is 11.8 Å². The molecule has 148 valence electrons. The molecule has 1 N–H and O–H groups in total. The molecule has 0 spiro atoms. The fraction of sp³-hybridized carbons (Fsp3) is 0.238. The Bertz CT molecular complexity index is 1050. The molecule has 2 amide bonds. The lowest BCUT2D eigenvalue weighted by Gasteiger charge is -2.29. The van der Waals surface area contributed by atoms with Crippen LogP contribution in [-0.2, 0) is 16.6 Å². The van der Waals surface area contributed by atoms with E-state index in [0.717, 1.165) is 27.7 Å². The minimum absolute atomic E-state index is 0.0271. The van der Waals surface area contributed by atoms with Crippen molar-refractivity contribution in [3.05, 3.63) is 54.9 Å². The van der Waals surface area contributed by atoms with Crippen molar-refractivity contribution in [3.63, 3.8) is 0 Å². The predicted molar refractivity (Wildman–Crippen MR) is 114 cm³/mol.